The van der Waals surface area contributed by atoms with Gasteiger partial charge in [-0.25, -0.2) is 0 Å². The van der Waals surface area contributed by atoms with Gasteiger partial charge in [0.2, 0.25) is 7.98 Å². The van der Waals surface area contributed by atoms with Gasteiger partial charge >= 0.3 is 0 Å². The van der Waals surface area contributed by atoms with Crippen molar-refractivity contribution in [1.82, 2.24) is 5.39 Å². The van der Waals surface area contributed by atoms with Crippen molar-refractivity contribution < 1.29 is 4.76 Å². The van der Waals surface area contributed by atoms with Crippen LogP contribution in [0.4, 0.5) is 0 Å². The van der Waals surface area contributed by atoms with E-state index < -0.39 is 0 Å². The Bertz CT molecular complexity index is 8.00. The molecular formula is H5B2NO. The molecule has 2 nitrogen and oxygen atoms in total. The molecule has 22 valence electrons. The van der Waals surface area contributed by atoms with Crippen molar-refractivity contribution >= 4 is 16.0 Å². The number of hydrogen-bond donors (Lipinski definition) is 1. The van der Waals surface area contributed by atoms with Crippen molar-refractivity contribution in [2.24, 2.45) is 0 Å². The predicted octanol–water partition coefficient (Wildman–Crippen LogP) is -2.40. The van der Waals surface area contributed by atoms with Gasteiger partial charge in [0, 0.05) is 0 Å². The summed E-state index contributed by atoms with van der Waals surface area (Å²) < 4.78 is 4.29. The summed E-state index contributed by atoms with van der Waals surface area (Å²) in [6, 6.07) is 0. The van der Waals surface area contributed by atoms with Crippen LogP contribution in [0, 0.1) is 0 Å². The van der Waals surface area contributed by atoms with E-state index >= 15 is 0 Å². The van der Waals surface area contributed by atoms with Crippen LogP contribution < -0.4 is 5.39 Å². The molecule has 0 aliphatic rings. The van der Waals surface area contributed by atoms with Crippen LogP contribution in [0.1, 0.15) is 0 Å². The van der Waals surface area contributed by atoms with Crippen LogP contribution in [-0.2, 0) is 4.76 Å². The summed E-state index contributed by atoms with van der Waals surface area (Å²) in [6.07, 6.45) is 0. The van der Waals surface area contributed by atoms with Crippen molar-refractivity contribution in [2.75, 3.05) is 0 Å². The summed E-state index contributed by atoms with van der Waals surface area (Å²) in [4.78, 5) is 0. The van der Waals surface area contributed by atoms with E-state index in [9.17, 15) is 0 Å². The molecular weight excluding hydrogens is 51.6 g/mol. The molecule has 0 saturated carbocycles. The fraction of sp³-hybridized carbons (Fsp3) is 0. The highest BCUT2D eigenvalue weighted by Crippen LogP contribution is 1.27. The fourth-order valence-electron chi connectivity index (χ4n) is 0. The first-order chi connectivity index (χ1) is 1.91. The lowest BCUT2D eigenvalue weighted by Gasteiger charge is -1.81. The Labute approximate surface area is 27.4 Å². The molecule has 0 aromatic rings. The van der Waals surface area contributed by atoms with Crippen LogP contribution in [0.2, 0.25) is 0 Å². The molecule has 0 spiro atoms. The maximum Gasteiger partial charge on any atom is 0.285 e. The molecule has 0 amide bonds. The Morgan fingerprint density at radius 1 is 1.75 bits per heavy atom. The third-order valence-electron chi connectivity index (χ3n) is 0.204. The fourth-order valence-corrected chi connectivity index (χ4v) is 0. The molecule has 0 aromatic heterocycles. The van der Waals surface area contributed by atoms with Crippen molar-refractivity contribution in [1.29, 1.82) is 0 Å². The topological polar surface area (TPSA) is 21.3 Å². The number of hydrogen-bond acceptors (Lipinski definition) is 2. The summed E-state index contributed by atoms with van der Waals surface area (Å²) >= 11 is 0. The smallest absolute Gasteiger partial charge is 0.285 e. The Kier molecular flexibility index (Phi) is 3.09. The minimum Gasteiger partial charge on any atom is -0.385 e. The summed E-state index contributed by atoms with van der Waals surface area (Å²) in [5, 5.41) is 2.43. The number of rotatable bonds is 1. The summed E-state index contributed by atoms with van der Waals surface area (Å²) in [5.74, 6) is 0. The Balaban J connectivity index is 1.97. The highest BCUT2D eigenvalue weighted by atomic mass is 16.6. The van der Waals surface area contributed by atoms with E-state index in [-0.39, 0.29) is 0 Å². The third kappa shape index (κ3) is 2.05. The molecule has 0 aliphatic heterocycles. The molecule has 0 saturated heterocycles. The summed E-state index contributed by atoms with van der Waals surface area (Å²) in [7, 11) is 3.28. The first-order valence-corrected chi connectivity index (χ1v) is 1.11. The zero-order chi connectivity index (χ0) is 3.41. The van der Waals surface area contributed by atoms with Gasteiger partial charge in [0.05, 0.1) is 0 Å². The van der Waals surface area contributed by atoms with E-state index in [2.05, 4.69) is 10.1 Å². The summed E-state index contributed by atoms with van der Waals surface area (Å²) in [6.45, 7) is 0. The lowest BCUT2D eigenvalue weighted by molar-refractivity contribution is 0.307. The van der Waals surface area contributed by atoms with Crippen LogP contribution in [0.25, 0.3) is 0 Å². The van der Waals surface area contributed by atoms with Gasteiger partial charge < -0.3 is 4.76 Å². The van der Waals surface area contributed by atoms with Gasteiger partial charge in [-0.05, 0) is 0 Å². The molecule has 0 bridgehead atoms. The molecule has 0 rings (SSSR count). The minimum atomic E-state index is 1.57. The molecule has 0 aliphatic carbocycles. The Morgan fingerprint density at radius 2 is 2.00 bits per heavy atom. The van der Waals surface area contributed by atoms with Gasteiger partial charge in [-0.1, -0.05) is 0 Å². The number of nitrogens with one attached hydrogen (secondary N) is 1. The quantitative estimate of drug-likeness (QED) is 0.267. The molecule has 0 radical (unpaired) electrons. The first-order valence-electron chi connectivity index (χ1n) is 1.11. The van der Waals surface area contributed by atoms with E-state index in [1.165, 1.54) is 0 Å². The van der Waals surface area contributed by atoms with Gasteiger partial charge in [-0.2, -0.15) is 0 Å². The van der Waals surface area contributed by atoms with Crippen LogP contribution >= 0.6 is 0 Å². The van der Waals surface area contributed by atoms with Crippen LogP contribution in [0.5, 0.6) is 0 Å². The molecule has 4 heavy (non-hydrogen) atoms. The standard InChI is InChI=1S/B2H5NO/c1-3-4-2/h3H,1-2H2. The molecule has 0 heterocycles. The van der Waals surface area contributed by atoms with E-state index in [1.807, 2.05) is 0 Å². The molecule has 0 unspecified atom stereocenters. The molecule has 0 aromatic carbocycles. The summed E-state index contributed by atoms with van der Waals surface area (Å²) in [5.41, 5.74) is 0. The highest BCUT2D eigenvalue weighted by Gasteiger charge is 1.49. The average Bonchev–Trinajstić information content (AvgIpc) is 1.37. The normalized spacial score (nSPS) is 7.00. The Hall–Kier alpha value is 0.0499. The maximum atomic E-state index is 4.29. The maximum absolute atomic E-state index is 4.29. The van der Waals surface area contributed by atoms with E-state index in [4.69, 9.17) is 0 Å². The highest BCUT2D eigenvalue weighted by molar-refractivity contribution is 6.06. The van der Waals surface area contributed by atoms with Gasteiger partial charge in [0.15, 0.2) is 0 Å². The van der Waals surface area contributed by atoms with Crippen molar-refractivity contribution in [3.05, 3.63) is 0 Å². The zero-order valence-corrected chi connectivity index (χ0v) is 2.91. The second-order valence-electron chi connectivity index (χ2n) is 0.408. The van der Waals surface area contributed by atoms with Gasteiger partial charge in [-0.15, -0.1) is 0 Å². The lowest BCUT2D eigenvalue weighted by atomic mass is 10.5. The predicted molar refractivity (Wildman–Crippen MR) is 21.3 cm³/mol. The average molecular weight is 56.7 g/mol. The zero-order valence-electron chi connectivity index (χ0n) is 2.91. The second-order valence-corrected chi connectivity index (χ2v) is 0.408. The van der Waals surface area contributed by atoms with E-state index in [0.29, 0.717) is 0 Å². The van der Waals surface area contributed by atoms with Crippen molar-refractivity contribution in [2.45, 2.75) is 0 Å². The molecule has 4 heteroatoms. The van der Waals surface area contributed by atoms with Gasteiger partial charge in [0.25, 0.3) is 8.05 Å². The molecule has 0 fully saturated rings. The minimum absolute atomic E-state index is 1.57. The third-order valence-corrected chi connectivity index (χ3v) is 0.204. The molecule has 1 N–H and O–H groups in total. The SMILES string of the molecule is BNOB. The van der Waals surface area contributed by atoms with Crippen LogP contribution in [0.3, 0.4) is 0 Å². The van der Waals surface area contributed by atoms with Gasteiger partial charge in [-0.3, -0.25) is 5.39 Å². The van der Waals surface area contributed by atoms with Crippen molar-refractivity contribution in [3.63, 3.8) is 0 Å². The first kappa shape index (κ1) is 4.05. The van der Waals surface area contributed by atoms with Crippen LogP contribution in [0.15, 0.2) is 0 Å². The van der Waals surface area contributed by atoms with Gasteiger partial charge in [0.1, 0.15) is 0 Å². The van der Waals surface area contributed by atoms with Crippen LogP contribution in [-0.4, -0.2) is 16.0 Å². The van der Waals surface area contributed by atoms with E-state index in [1.54, 1.807) is 16.0 Å². The van der Waals surface area contributed by atoms with E-state index in [0.717, 1.165) is 0 Å². The molecule has 0 atom stereocenters. The largest absolute Gasteiger partial charge is 0.385 e. The second kappa shape index (κ2) is 3.05. The lowest BCUT2D eigenvalue weighted by Crippen LogP contribution is -2.04. The monoisotopic (exact) mass is 57.1 g/mol. The Morgan fingerprint density at radius 3 is 2.00 bits per heavy atom. The van der Waals surface area contributed by atoms with Crippen molar-refractivity contribution in [3.8, 4) is 0 Å².